The number of aromatic nitrogens is 3. The summed E-state index contributed by atoms with van der Waals surface area (Å²) in [4.78, 5) is 19.6. The minimum Gasteiger partial charge on any atom is -0.480 e. The number of methoxy groups -OCH3 is 1. The number of amides is 1. The van der Waals surface area contributed by atoms with Gasteiger partial charge in [-0.1, -0.05) is 25.4 Å². The van der Waals surface area contributed by atoms with E-state index in [-0.39, 0.29) is 35.1 Å². The van der Waals surface area contributed by atoms with E-state index in [1.54, 1.807) is 24.1 Å². The molecule has 0 spiro atoms. The molecule has 1 aromatic carbocycles. The second-order valence-electron chi connectivity index (χ2n) is 8.18. The highest BCUT2D eigenvalue weighted by atomic mass is 35.5. The van der Waals surface area contributed by atoms with Gasteiger partial charge >= 0.3 is 0 Å². The summed E-state index contributed by atoms with van der Waals surface area (Å²) in [6.07, 6.45) is 1.61. The highest BCUT2D eigenvalue weighted by Crippen LogP contribution is 2.41. The Hall–Kier alpha value is -3.07. The van der Waals surface area contributed by atoms with E-state index in [1.807, 2.05) is 13.8 Å². The quantitative estimate of drug-likeness (QED) is 0.442. The van der Waals surface area contributed by atoms with Gasteiger partial charge in [-0.15, -0.1) is 0 Å². The lowest BCUT2D eigenvalue weighted by Crippen LogP contribution is -2.47. The van der Waals surface area contributed by atoms with Crippen molar-refractivity contribution in [1.29, 1.82) is 0 Å². The van der Waals surface area contributed by atoms with Crippen LogP contribution in [0.5, 0.6) is 5.88 Å². The number of fused-ring (bicyclic) bond motifs is 1. The first kappa shape index (κ1) is 24.1. The van der Waals surface area contributed by atoms with E-state index in [0.717, 1.165) is 17.7 Å². The monoisotopic (exact) mass is 492 g/mol. The van der Waals surface area contributed by atoms with Gasteiger partial charge in [-0.2, -0.15) is 5.10 Å². The van der Waals surface area contributed by atoms with Crippen LogP contribution in [0.15, 0.2) is 24.3 Å². The Labute approximate surface area is 200 Å². The molecule has 34 heavy (non-hydrogen) atoms. The third-order valence-electron chi connectivity index (χ3n) is 6.24. The third-order valence-corrected chi connectivity index (χ3v) is 6.52. The molecule has 0 radical (unpaired) electrons. The summed E-state index contributed by atoms with van der Waals surface area (Å²) in [5.41, 5.74) is 2.33. The van der Waals surface area contributed by atoms with Crippen molar-refractivity contribution in [3.63, 3.8) is 0 Å². The normalized spacial score (nSPS) is 17.6. The topological polar surface area (TPSA) is 60.2 Å². The summed E-state index contributed by atoms with van der Waals surface area (Å²) < 4.78 is 48.3. The maximum atomic E-state index is 14.0. The number of rotatable bonds is 5. The lowest BCUT2D eigenvalue weighted by Gasteiger charge is -2.41. The zero-order valence-electron chi connectivity index (χ0n) is 19.2. The largest absolute Gasteiger partial charge is 0.480 e. The average Bonchev–Trinajstić information content (AvgIpc) is 3.16. The number of carbonyl (C=O) groups is 1. The molecule has 0 N–H and O–H groups in total. The summed E-state index contributed by atoms with van der Waals surface area (Å²) in [6, 6.07) is 4.45. The fourth-order valence-electron chi connectivity index (χ4n) is 4.69. The molecule has 0 saturated heterocycles. The highest BCUT2D eigenvalue weighted by Gasteiger charge is 2.40. The zero-order chi connectivity index (χ0) is 24.7. The number of benzene rings is 1. The van der Waals surface area contributed by atoms with Crippen LogP contribution < -0.4 is 4.74 Å². The predicted molar refractivity (Wildman–Crippen MR) is 121 cm³/mol. The average molecular weight is 493 g/mol. The lowest BCUT2D eigenvalue weighted by atomic mass is 9.87. The molecule has 1 amide bonds. The van der Waals surface area contributed by atoms with E-state index in [0.29, 0.717) is 35.7 Å². The van der Waals surface area contributed by atoms with Gasteiger partial charge in [0.05, 0.1) is 24.5 Å². The lowest BCUT2D eigenvalue weighted by molar-refractivity contribution is 0.0506. The Bertz CT molecular complexity index is 1240. The van der Waals surface area contributed by atoms with Gasteiger partial charge in [0.2, 0.25) is 5.88 Å². The number of carbonyl (C=O) groups excluding carboxylic acids is 1. The second kappa shape index (κ2) is 9.29. The molecule has 3 aromatic rings. The fourth-order valence-corrected chi connectivity index (χ4v) is 4.87. The van der Waals surface area contributed by atoms with Crippen molar-refractivity contribution in [1.82, 2.24) is 19.7 Å². The van der Waals surface area contributed by atoms with Gasteiger partial charge < -0.3 is 9.64 Å². The van der Waals surface area contributed by atoms with Crippen LogP contribution in [0, 0.1) is 17.5 Å². The van der Waals surface area contributed by atoms with Gasteiger partial charge in [-0.3, -0.25) is 9.48 Å². The molecule has 2 atom stereocenters. The molecule has 0 saturated carbocycles. The number of hydrogen-bond acceptors (Lipinski definition) is 4. The van der Waals surface area contributed by atoms with E-state index >= 15 is 0 Å². The van der Waals surface area contributed by atoms with Crippen LogP contribution in [0.1, 0.15) is 54.5 Å². The van der Waals surface area contributed by atoms with Crippen molar-refractivity contribution in [2.24, 2.45) is 7.05 Å². The van der Waals surface area contributed by atoms with Gasteiger partial charge in [-0.05, 0) is 43.5 Å². The molecule has 1 aliphatic heterocycles. The summed E-state index contributed by atoms with van der Waals surface area (Å²) in [6.45, 7) is 3.90. The van der Waals surface area contributed by atoms with Gasteiger partial charge in [0.25, 0.3) is 5.91 Å². The summed E-state index contributed by atoms with van der Waals surface area (Å²) in [5.74, 6) is -4.17. The van der Waals surface area contributed by atoms with Gasteiger partial charge in [0.15, 0.2) is 17.5 Å². The zero-order valence-corrected chi connectivity index (χ0v) is 20.0. The van der Waals surface area contributed by atoms with Crippen LogP contribution in [0.3, 0.4) is 0 Å². The number of halogens is 4. The van der Waals surface area contributed by atoms with Crippen LogP contribution in [0.2, 0.25) is 5.02 Å². The molecule has 180 valence electrons. The number of ether oxygens (including phenoxy) is 1. The highest BCUT2D eigenvalue weighted by molar-refractivity contribution is 6.31. The van der Waals surface area contributed by atoms with E-state index in [1.165, 1.54) is 11.8 Å². The Morgan fingerprint density at radius 2 is 1.85 bits per heavy atom. The fraction of sp³-hybridized carbons (Fsp3) is 0.375. The second-order valence-corrected chi connectivity index (χ2v) is 8.59. The number of nitrogens with zero attached hydrogens (tertiary/aromatic N) is 4. The molecule has 4 rings (SSSR count). The summed E-state index contributed by atoms with van der Waals surface area (Å²) in [7, 11) is 3.09. The van der Waals surface area contributed by atoms with Crippen molar-refractivity contribution >= 4 is 17.5 Å². The molecule has 0 aliphatic carbocycles. The molecule has 2 aromatic heterocycles. The van der Waals surface area contributed by atoms with Crippen LogP contribution in [-0.2, 0) is 13.5 Å². The van der Waals surface area contributed by atoms with E-state index in [2.05, 4.69) is 10.1 Å². The number of aryl methyl sites for hydroxylation is 1. The van der Waals surface area contributed by atoms with Crippen LogP contribution in [0.25, 0.3) is 11.3 Å². The first-order valence-corrected chi connectivity index (χ1v) is 11.3. The molecule has 1 aliphatic rings. The standard InChI is InChI=1S/C24H24ClF3N4O2/c1-5-13-11-14-21(30-31(3)22(14)12-9-16(26)20(28)17(27)10-12)19(6-2)32(13)24(33)18-8-7-15(25)23(29-18)34-4/h7-10,13,19H,5-6,11H2,1-4H3/t13?,19-/m0/s1. The number of hydrogen-bond donors (Lipinski definition) is 0. The Balaban J connectivity index is 1.82. The smallest absolute Gasteiger partial charge is 0.273 e. The van der Waals surface area contributed by atoms with E-state index in [9.17, 15) is 18.0 Å². The Kier molecular flexibility index (Phi) is 6.58. The maximum Gasteiger partial charge on any atom is 0.273 e. The minimum atomic E-state index is -1.51. The Morgan fingerprint density at radius 1 is 1.18 bits per heavy atom. The molecule has 3 heterocycles. The molecular weight excluding hydrogens is 469 g/mol. The molecule has 1 unspecified atom stereocenters. The number of pyridine rings is 1. The van der Waals surface area contributed by atoms with Crippen molar-refractivity contribution in [3.8, 4) is 17.1 Å². The van der Waals surface area contributed by atoms with Crippen LogP contribution in [0.4, 0.5) is 13.2 Å². The molecule has 10 heteroatoms. The Morgan fingerprint density at radius 3 is 2.44 bits per heavy atom. The molecule has 6 nitrogen and oxygen atoms in total. The minimum absolute atomic E-state index is 0.159. The predicted octanol–water partition coefficient (Wildman–Crippen LogP) is 5.49. The van der Waals surface area contributed by atoms with E-state index < -0.39 is 17.5 Å². The molecular formula is C24H24ClF3N4O2. The first-order valence-electron chi connectivity index (χ1n) is 11.0. The van der Waals surface area contributed by atoms with Crippen molar-refractivity contribution in [2.75, 3.05) is 7.11 Å². The SMILES string of the molecule is CCC1Cc2c(nn(C)c2-c2cc(F)c(F)c(F)c2)[C@H](CC)N1C(=O)c1ccc(Cl)c(OC)n1. The van der Waals surface area contributed by atoms with Gasteiger partial charge in [-0.25, -0.2) is 18.2 Å². The van der Waals surface area contributed by atoms with Crippen LogP contribution in [-0.4, -0.2) is 38.7 Å². The molecule has 0 bridgehead atoms. The summed E-state index contributed by atoms with van der Waals surface area (Å²) >= 11 is 6.07. The first-order chi connectivity index (χ1) is 16.2. The van der Waals surface area contributed by atoms with Gasteiger partial charge in [0.1, 0.15) is 10.7 Å². The third kappa shape index (κ3) is 3.91. The van der Waals surface area contributed by atoms with Crippen molar-refractivity contribution in [3.05, 3.63) is 63.7 Å². The van der Waals surface area contributed by atoms with Crippen LogP contribution >= 0.6 is 11.6 Å². The maximum absolute atomic E-state index is 14.0. The van der Waals surface area contributed by atoms with E-state index in [4.69, 9.17) is 16.3 Å². The van der Waals surface area contributed by atoms with Crippen molar-refractivity contribution < 1.29 is 22.7 Å². The van der Waals surface area contributed by atoms with Gasteiger partial charge in [0, 0.05) is 24.2 Å². The summed E-state index contributed by atoms with van der Waals surface area (Å²) in [5, 5.41) is 4.92. The van der Waals surface area contributed by atoms with Crippen molar-refractivity contribution in [2.45, 2.75) is 45.2 Å². The molecule has 0 fully saturated rings.